The summed E-state index contributed by atoms with van der Waals surface area (Å²) in [4.78, 5) is 8.60. The number of halogens is 2. The van der Waals surface area contributed by atoms with Gasteiger partial charge in [0.25, 0.3) is 0 Å². The van der Waals surface area contributed by atoms with Crippen molar-refractivity contribution in [2.75, 3.05) is 12.4 Å². The van der Waals surface area contributed by atoms with Crippen molar-refractivity contribution in [1.29, 1.82) is 0 Å². The number of aryl methyl sites for hydroxylation is 1. The molecule has 0 radical (unpaired) electrons. The highest BCUT2D eigenvalue weighted by Crippen LogP contribution is 2.29. The van der Waals surface area contributed by atoms with Crippen molar-refractivity contribution in [2.24, 2.45) is 0 Å². The highest BCUT2D eigenvalue weighted by atomic mass is 35.5. The first kappa shape index (κ1) is 12.1. The number of hydrogen-bond donors (Lipinski definition) is 1. The molecule has 2 aromatic rings. The molecule has 88 valence electrons. The summed E-state index contributed by atoms with van der Waals surface area (Å²) in [5.74, 6) is 1.45. The second-order valence-corrected chi connectivity index (χ2v) is 4.40. The van der Waals surface area contributed by atoms with Crippen molar-refractivity contribution in [2.45, 2.75) is 6.92 Å². The van der Waals surface area contributed by atoms with Gasteiger partial charge in [-0.05, 0) is 25.1 Å². The molecule has 17 heavy (non-hydrogen) atoms. The lowest BCUT2D eigenvalue weighted by Gasteiger charge is -2.07. The minimum Gasteiger partial charge on any atom is -0.373 e. The van der Waals surface area contributed by atoms with Crippen molar-refractivity contribution in [1.82, 2.24) is 9.97 Å². The fraction of sp³-hybridized carbons (Fsp3) is 0.167. The predicted octanol–water partition coefficient (Wildman–Crippen LogP) is 3.80. The molecule has 0 amide bonds. The maximum Gasteiger partial charge on any atom is 0.130 e. The van der Waals surface area contributed by atoms with Crippen LogP contribution >= 0.6 is 23.2 Å². The lowest BCUT2D eigenvalue weighted by molar-refractivity contribution is 1.06. The van der Waals surface area contributed by atoms with Crippen molar-refractivity contribution < 1.29 is 0 Å². The van der Waals surface area contributed by atoms with Gasteiger partial charge < -0.3 is 5.32 Å². The van der Waals surface area contributed by atoms with Crippen molar-refractivity contribution >= 4 is 29.0 Å². The Morgan fingerprint density at radius 3 is 2.53 bits per heavy atom. The molecule has 0 saturated heterocycles. The Morgan fingerprint density at radius 1 is 1.12 bits per heavy atom. The Hall–Kier alpha value is -1.32. The Bertz CT molecular complexity index is 555. The number of hydrogen-bond acceptors (Lipinski definition) is 3. The van der Waals surface area contributed by atoms with Crippen LogP contribution in [-0.4, -0.2) is 17.0 Å². The predicted molar refractivity (Wildman–Crippen MR) is 71.8 cm³/mol. The van der Waals surface area contributed by atoms with Gasteiger partial charge in [0.2, 0.25) is 0 Å². The number of aromatic nitrogens is 2. The van der Waals surface area contributed by atoms with Gasteiger partial charge in [-0.2, -0.15) is 0 Å². The first-order valence-corrected chi connectivity index (χ1v) is 5.84. The third-order valence-electron chi connectivity index (χ3n) is 2.30. The van der Waals surface area contributed by atoms with Crippen LogP contribution in [0.2, 0.25) is 10.0 Å². The summed E-state index contributed by atoms with van der Waals surface area (Å²) < 4.78 is 0. The van der Waals surface area contributed by atoms with E-state index in [1.807, 2.05) is 26.1 Å². The zero-order valence-electron chi connectivity index (χ0n) is 9.46. The smallest absolute Gasteiger partial charge is 0.130 e. The van der Waals surface area contributed by atoms with Gasteiger partial charge in [-0.15, -0.1) is 0 Å². The second-order valence-electron chi connectivity index (χ2n) is 3.56. The van der Waals surface area contributed by atoms with Gasteiger partial charge >= 0.3 is 0 Å². The fourth-order valence-electron chi connectivity index (χ4n) is 1.53. The van der Waals surface area contributed by atoms with Gasteiger partial charge in [0.1, 0.15) is 11.6 Å². The van der Waals surface area contributed by atoms with Gasteiger partial charge in [-0.25, -0.2) is 9.97 Å². The average Bonchev–Trinajstić information content (AvgIpc) is 2.28. The molecular formula is C12H11Cl2N3. The van der Waals surface area contributed by atoms with Crippen LogP contribution < -0.4 is 5.32 Å². The summed E-state index contributed by atoms with van der Waals surface area (Å²) >= 11 is 12.0. The summed E-state index contributed by atoms with van der Waals surface area (Å²) in [6.45, 7) is 1.84. The monoisotopic (exact) mass is 267 g/mol. The molecule has 3 nitrogen and oxygen atoms in total. The minimum absolute atomic E-state index is 0.581. The van der Waals surface area contributed by atoms with Gasteiger partial charge in [-0.3, -0.25) is 0 Å². The molecule has 5 heteroatoms. The molecule has 0 bridgehead atoms. The third-order valence-corrected chi connectivity index (χ3v) is 2.85. The van der Waals surface area contributed by atoms with Crippen LogP contribution in [0.1, 0.15) is 5.82 Å². The van der Waals surface area contributed by atoms with Crippen LogP contribution in [0.4, 0.5) is 5.82 Å². The van der Waals surface area contributed by atoms with Crippen LogP contribution in [0.15, 0.2) is 24.3 Å². The van der Waals surface area contributed by atoms with E-state index in [1.165, 1.54) is 0 Å². The number of nitrogens with zero attached hydrogens (tertiary/aromatic N) is 2. The summed E-state index contributed by atoms with van der Waals surface area (Å²) in [6.07, 6.45) is 0. The van der Waals surface area contributed by atoms with Crippen LogP contribution in [0.5, 0.6) is 0 Å². The Labute approximate surface area is 110 Å². The largest absolute Gasteiger partial charge is 0.373 e. The van der Waals surface area contributed by atoms with Crippen molar-refractivity contribution in [3.63, 3.8) is 0 Å². The van der Waals surface area contributed by atoms with Crippen LogP contribution in [0, 0.1) is 6.92 Å². The van der Waals surface area contributed by atoms with Crippen LogP contribution in [0.3, 0.4) is 0 Å². The second kappa shape index (κ2) is 4.90. The molecule has 0 aliphatic rings. The first-order valence-electron chi connectivity index (χ1n) is 5.09. The van der Waals surface area contributed by atoms with Crippen LogP contribution in [0.25, 0.3) is 11.3 Å². The topological polar surface area (TPSA) is 37.8 Å². The van der Waals surface area contributed by atoms with E-state index in [9.17, 15) is 0 Å². The molecule has 2 rings (SSSR count). The minimum atomic E-state index is 0.581. The zero-order valence-corrected chi connectivity index (χ0v) is 11.0. The van der Waals surface area contributed by atoms with E-state index in [-0.39, 0.29) is 0 Å². The Morgan fingerprint density at radius 2 is 1.88 bits per heavy atom. The zero-order chi connectivity index (χ0) is 12.4. The molecule has 0 fully saturated rings. The standard InChI is InChI=1S/C12H11Cl2N3/c1-7-16-11(6-12(15-2)17-7)9-4-3-8(13)5-10(9)14/h3-6H,1-2H3,(H,15,16,17). The first-order chi connectivity index (χ1) is 8.10. The molecule has 0 atom stereocenters. The summed E-state index contributed by atoms with van der Waals surface area (Å²) in [7, 11) is 1.81. The summed E-state index contributed by atoms with van der Waals surface area (Å²) in [6, 6.07) is 7.20. The maximum absolute atomic E-state index is 6.15. The highest BCUT2D eigenvalue weighted by molar-refractivity contribution is 6.36. The van der Waals surface area contributed by atoms with E-state index in [4.69, 9.17) is 23.2 Å². The number of benzene rings is 1. The SMILES string of the molecule is CNc1cc(-c2ccc(Cl)cc2Cl)nc(C)n1. The quantitative estimate of drug-likeness (QED) is 0.900. The molecule has 0 saturated carbocycles. The molecule has 0 spiro atoms. The number of rotatable bonds is 2. The Kier molecular flexibility index (Phi) is 3.50. The number of nitrogens with one attached hydrogen (secondary N) is 1. The van der Waals surface area contributed by atoms with Gasteiger partial charge in [-0.1, -0.05) is 23.2 Å². The van der Waals surface area contributed by atoms with E-state index in [2.05, 4.69) is 15.3 Å². The lowest BCUT2D eigenvalue weighted by Crippen LogP contribution is -1.98. The van der Waals surface area contributed by atoms with Gasteiger partial charge in [0, 0.05) is 23.7 Å². The fourth-order valence-corrected chi connectivity index (χ4v) is 2.04. The number of anilines is 1. The third kappa shape index (κ3) is 2.68. The van der Waals surface area contributed by atoms with E-state index in [0.717, 1.165) is 17.1 Å². The van der Waals surface area contributed by atoms with E-state index < -0.39 is 0 Å². The lowest BCUT2D eigenvalue weighted by atomic mass is 10.1. The summed E-state index contributed by atoms with van der Waals surface area (Å²) in [5, 5.41) is 4.18. The molecule has 0 aliphatic carbocycles. The Balaban J connectivity index is 2.55. The van der Waals surface area contributed by atoms with Gasteiger partial charge in [0.15, 0.2) is 0 Å². The highest BCUT2D eigenvalue weighted by Gasteiger charge is 2.08. The van der Waals surface area contributed by atoms with Crippen molar-refractivity contribution in [3.05, 3.63) is 40.1 Å². The van der Waals surface area contributed by atoms with E-state index in [1.54, 1.807) is 12.1 Å². The molecular weight excluding hydrogens is 257 g/mol. The molecule has 0 unspecified atom stereocenters. The van der Waals surface area contributed by atoms with Crippen LogP contribution in [-0.2, 0) is 0 Å². The molecule has 1 heterocycles. The molecule has 0 aliphatic heterocycles. The van der Waals surface area contributed by atoms with Gasteiger partial charge in [0.05, 0.1) is 10.7 Å². The molecule has 1 N–H and O–H groups in total. The van der Waals surface area contributed by atoms with E-state index >= 15 is 0 Å². The normalized spacial score (nSPS) is 10.4. The molecule has 1 aromatic carbocycles. The summed E-state index contributed by atoms with van der Waals surface area (Å²) in [5.41, 5.74) is 1.63. The maximum atomic E-state index is 6.15. The van der Waals surface area contributed by atoms with Crippen molar-refractivity contribution in [3.8, 4) is 11.3 Å². The average molecular weight is 268 g/mol. The van der Waals surface area contributed by atoms with E-state index in [0.29, 0.717) is 15.9 Å². The molecule has 1 aromatic heterocycles.